The van der Waals surface area contributed by atoms with Crippen LogP contribution in [0.4, 0.5) is 0 Å². The normalized spacial score (nSPS) is 15.3. The Balaban J connectivity index is 1.92. The number of ether oxygens (including phenoxy) is 1. The number of carbonyl (C=O) groups excluding carboxylic acids is 1. The Hall–Kier alpha value is -1.55. The van der Waals surface area contributed by atoms with Crippen molar-refractivity contribution >= 4 is 5.91 Å². The fourth-order valence-corrected chi connectivity index (χ4v) is 2.17. The van der Waals surface area contributed by atoms with E-state index in [0.29, 0.717) is 6.42 Å². The molecule has 0 saturated carbocycles. The van der Waals surface area contributed by atoms with E-state index >= 15 is 0 Å². The molecule has 0 bridgehead atoms. The molecule has 1 aromatic carbocycles. The van der Waals surface area contributed by atoms with Gasteiger partial charge in [-0.3, -0.25) is 4.79 Å². The Morgan fingerprint density at radius 1 is 1.37 bits per heavy atom. The van der Waals surface area contributed by atoms with Gasteiger partial charge in [-0.1, -0.05) is 19.1 Å². The minimum absolute atomic E-state index is 0.203. The second-order valence-electron chi connectivity index (χ2n) is 4.80. The standard InChI is InChI=1S/C15H22N2O2/c1-2-10-19-14-5-3-4-13(11-14)12-15(18)17-8-6-16-7-9-17/h3-5,11,16H,2,6-10,12H2,1H3. The molecule has 0 spiro atoms. The molecule has 104 valence electrons. The van der Waals surface area contributed by atoms with E-state index in [1.807, 2.05) is 29.2 Å². The third kappa shape index (κ3) is 4.24. The Bertz CT molecular complexity index is 414. The SMILES string of the molecule is CCCOc1cccc(CC(=O)N2CCNCC2)c1. The van der Waals surface area contributed by atoms with E-state index in [2.05, 4.69) is 12.2 Å². The number of hydrogen-bond acceptors (Lipinski definition) is 3. The largest absolute Gasteiger partial charge is 0.494 e. The topological polar surface area (TPSA) is 41.6 Å². The number of hydrogen-bond donors (Lipinski definition) is 1. The van der Waals surface area contributed by atoms with Crippen LogP contribution in [0.3, 0.4) is 0 Å². The summed E-state index contributed by atoms with van der Waals surface area (Å²) in [6, 6.07) is 7.84. The van der Waals surface area contributed by atoms with Gasteiger partial charge >= 0.3 is 0 Å². The highest BCUT2D eigenvalue weighted by Crippen LogP contribution is 2.15. The highest BCUT2D eigenvalue weighted by atomic mass is 16.5. The summed E-state index contributed by atoms with van der Waals surface area (Å²) >= 11 is 0. The van der Waals surface area contributed by atoms with Gasteiger partial charge in [-0.05, 0) is 24.1 Å². The van der Waals surface area contributed by atoms with Crippen LogP contribution >= 0.6 is 0 Å². The Morgan fingerprint density at radius 3 is 2.89 bits per heavy atom. The lowest BCUT2D eigenvalue weighted by atomic mass is 10.1. The molecule has 19 heavy (non-hydrogen) atoms. The Morgan fingerprint density at radius 2 is 2.16 bits per heavy atom. The molecular weight excluding hydrogens is 240 g/mol. The number of rotatable bonds is 5. The zero-order valence-electron chi connectivity index (χ0n) is 11.5. The predicted molar refractivity (Wildman–Crippen MR) is 75.4 cm³/mol. The van der Waals surface area contributed by atoms with E-state index in [0.717, 1.165) is 50.5 Å². The molecule has 0 atom stereocenters. The third-order valence-corrected chi connectivity index (χ3v) is 3.20. The quantitative estimate of drug-likeness (QED) is 0.873. The molecule has 0 radical (unpaired) electrons. The van der Waals surface area contributed by atoms with Crippen molar-refractivity contribution in [3.05, 3.63) is 29.8 Å². The number of amides is 1. The highest BCUT2D eigenvalue weighted by Gasteiger charge is 2.16. The average Bonchev–Trinajstić information content (AvgIpc) is 2.46. The first-order valence-corrected chi connectivity index (χ1v) is 7.00. The fourth-order valence-electron chi connectivity index (χ4n) is 2.17. The van der Waals surface area contributed by atoms with Crippen molar-refractivity contribution in [3.63, 3.8) is 0 Å². The second kappa shape index (κ2) is 7.14. The molecule has 0 aromatic heterocycles. The van der Waals surface area contributed by atoms with Crippen LogP contribution in [0.1, 0.15) is 18.9 Å². The van der Waals surface area contributed by atoms with E-state index in [1.54, 1.807) is 0 Å². The lowest BCUT2D eigenvalue weighted by molar-refractivity contribution is -0.131. The molecule has 1 heterocycles. The molecule has 1 aromatic rings. The molecule has 2 rings (SSSR count). The van der Waals surface area contributed by atoms with Gasteiger partial charge in [-0.2, -0.15) is 0 Å². The molecule has 1 saturated heterocycles. The maximum atomic E-state index is 12.2. The Kier molecular flexibility index (Phi) is 5.21. The molecule has 4 nitrogen and oxygen atoms in total. The maximum Gasteiger partial charge on any atom is 0.227 e. The third-order valence-electron chi connectivity index (χ3n) is 3.20. The lowest BCUT2D eigenvalue weighted by Gasteiger charge is -2.27. The van der Waals surface area contributed by atoms with Gasteiger partial charge < -0.3 is 15.0 Å². The lowest BCUT2D eigenvalue weighted by Crippen LogP contribution is -2.46. The van der Waals surface area contributed by atoms with Crippen molar-refractivity contribution in [1.82, 2.24) is 10.2 Å². The summed E-state index contributed by atoms with van der Waals surface area (Å²) in [4.78, 5) is 14.1. The summed E-state index contributed by atoms with van der Waals surface area (Å²) < 4.78 is 5.59. The first-order valence-electron chi connectivity index (χ1n) is 7.00. The van der Waals surface area contributed by atoms with Crippen LogP contribution < -0.4 is 10.1 Å². The minimum Gasteiger partial charge on any atom is -0.494 e. The maximum absolute atomic E-state index is 12.2. The van der Waals surface area contributed by atoms with Gasteiger partial charge in [0.15, 0.2) is 0 Å². The van der Waals surface area contributed by atoms with Crippen molar-refractivity contribution in [1.29, 1.82) is 0 Å². The zero-order chi connectivity index (χ0) is 13.5. The van der Waals surface area contributed by atoms with Gasteiger partial charge in [0, 0.05) is 26.2 Å². The highest BCUT2D eigenvalue weighted by molar-refractivity contribution is 5.79. The van der Waals surface area contributed by atoms with Crippen LogP contribution in [0, 0.1) is 0 Å². The fraction of sp³-hybridized carbons (Fsp3) is 0.533. The minimum atomic E-state index is 0.203. The van der Waals surface area contributed by atoms with Gasteiger partial charge in [0.25, 0.3) is 0 Å². The number of nitrogens with one attached hydrogen (secondary N) is 1. The first kappa shape index (κ1) is 13.9. The van der Waals surface area contributed by atoms with E-state index in [1.165, 1.54) is 0 Å². The van der Waals surface area contributed by atoms with Crippen LogP contribution in [-0.2, 0) is 11.2 Å². The molecule has 1 amide bonds. The molecular formula is C15H22N2O2. The molecule has 1 aliphatic rings. The van der Waals surface area contributed by atoms with Gasteiger partial charge in [0.05, 0.1) is 13.0 Å². The summed E-state index contributed by atoms with van der Waals surface area (Å²) in [7, 11) is 0. The summed E-state index contributed by atoms with van der Waals surface area (Å²) in [6.45, 7) is 6.21. The van der Waals surface area contributed by atoms with E-state index < -0.39 is 0 Å². The van der Waals surface area contributed by atoms with E-state index in [-0.39, 0.29) is 5.91 Å². The molecule has 1 N–H and O–H groups in total. The summed E-state index contributed by atoms with van der Waals surface area (Å²) in [5.41, 5.74) is 1.03. The average molecular weight is 262 g/mol. The number of piperazine rings is 1. The van der Waals surface area contributed by atoms with E-state index in [4.69, 9.17) is 4.74 Å². The summed E-state index contributed by atoms with van der Waals surface area (Å²) in [6.07, 6.45) is 1.45. The molecule has 1 fully saturated rings. The monoisotopic (exact) mass is 262 g/mol. The van der Waals surface area contributed by atoms with Crippen LogP contribution in [0.5, 0.6) is 5.75 Å². The van der Waals surface area contributed by atoms with Crippen molar-refractivity contribution in [2.75, 3.05) is 32.8 Å². The van der Waals surface area contributed by atoms with Crippen LogP contribution in [0.2, 0.25) is 0 Å². The van der Waals surface area contributed by atoms with Gasteiger partial charge in [-0.25, -0.2) is 0 Å². The molecule has 1 aliphatic heterocycles. The molecule has 0 aliphatic carbocycles. The van der Waals surface area contributed by atoms with Crippen molar-refractivity contribution in [2.24, 2.45) is 0 Å². The van der Waals surface area contributed by atoms with Gasteiger partial charge in [-0.15, -0.1) is 0 Å². The predicted octanol–water partition coefficient (Wildman–Crippen LogP) is 1.45. The van der Waals surface area contributed by atoms with Crippen LogP contribution in [0.25, 0.3) is 0 Å². The first-order chi connectivity index (χ1) is 9.29. The van der Waals surface area contributed by atoms with Crippen LogP contribution in [0.15, 0.2) is 24.3 Å². The van der Waals surface area contributed by atoms with Crippen LogP contribution in [-0.4, -0.2) is 43.6 Å². The second-order valence-corrected chi connectivity index (χ2v) is 4.80. The molecule has 4 heteroatoms. The smallest absolute Gasteiger partial charge is 0.227 e. The van der Waals surface area contributed by atoms with Crippen molar-refractivity contribution in [3.8, 4) is 5.75 Å². The van der Waals surface area contributed by atoms with Crippen molar-refractivity contribution < 1.29 is 9.53 Å². The summed E-state index contributed by atoms with van der Waals surface area (Å²) in [5, 5.41) is 3.25. The van der Waals surface area contributed by atoms with Crippen molar-refractivity contribution in [2.45, 2.75) is 19.8 Å². The number of benzene rings is 1. The number of nitrogens with zero attached hydrogens (tertiary/aromatic N) is 1. The van der Waals surface area contributed by atoms with E-state index in [9.17, 15) is 4.79 Å². The molecule has 0 unspecified atom stereocenters. The Labute approximate surface area is 114 Å². The summed E-state index contributed by atoms with van der Waals surface area (Å²) in [5.74, 6) is 1.06. The van der Waals surface area contributed by atoms with Gasteiger partial charge in [0.1, 0.15) is 5.75 Å². The van der Waals surface area contributed by atoms with Gasteiger partial charge in [0.2, 0.25) is 5.91 Å². The zero-order valence-corrected chi connectivity index (χ0v) is 11.5. The number of carbonyl (C=O) groups is 1.